The van der Waals surface area contributed by atoms with Crippen LogP contribution in [-0.4, -0.2) is 11.8 Å². The van der Waals surface area contributed by atoms with E-state index in [1.807, 2.05) is 30.3 Å². The van der Waals surface area contributed by atoms with Gasteiger partial charge in [0.25, 0.3) is 5.91 Å². The van der Waals surface area contributed by atoms with Crippen molar-refractivity contribution < 1.29 is 9.59 Å². The molecule has 0 aliphatic heterocycles. The molecule has 0 unspecified atom stereocenters. The molecule has 1 aliphatic carbocycles. The zero-order valence-corrected chi connectivity index (χ0v) is 17.0. The molecule has 0 heterocycles. The van der Waals surface area contributed by atoms with E-state index in [1.165, 1.54) is 5.57 Å². The standard InChI is InChI=1S/C24H28N2O2/c1-16(2)14-20-21(24(20,3)4)23(28)26-19-12-10-18(11-13-19)22(27)25-15-17-8-6-5-7-9-17/h5-14,20-21H,15H2,1-4H3,(H,25,27)(H,26,28)/t20-,21+/m1/s1. The average Bonchev–Trinajstić information content (AvgIpc) is 3.20. The molecule has 2 N–H and O–H groups in total. The van der Waals surface area contributed by atoms with E-state index in [9.17, 15) is 9.59 Å². The van der Waals surface area contributed by atoms with Gasteiger partial charge in [-0.1, -0.05) is 55.8 Å². The molecule has 1 fully saturated rings. The third-order valence-corrected chi connectivity index (χ3v) is 5.42. The molecule has 1 saturated carbocycles. The van der Waals surface area contributed by atoms with Gasteiger partial charge in [0.2, 0.25) is 5.91 Å². The topological polar surface area (TPSA) is 58.2 Å². The molecule has 0 bridgehead atoms. The number of rotatable bonds is 6. The second-order valence-electron chi connectivity index (χ2n) is 8.30. The quantitative estimate of drug-likeness (QED) is 0.712. The van der Waals surface area contributed by atoms with Crippen LogP contribution in [0.1, 0.15) is 43.6 Å². The Morgan fingerprint density at radius 1 is 1.00 bits per heavy atom. The molecule has 4 nitrogen and oxygen atoms in total. The summed E-state index contributed by atoms with van der Waals surface area (Å²) < 4.78 is 0. The first-order chi connectivity index (χ1) is 13.3. The molecular weight excluding hydrogens is 348 g/mol. The molecule has 3 rings (SSSR count). The van der Waals surface area contributed by atoms with E-state index >= 15 is 0 Å². The summed E-state index contributed by atoms with van der Waals surface area (Å²) in [5, 5.41) is 5.89. The molecule has 0 saturated heterocycles. The molecular formula is C24H28N2O2. The van der Waals surface area contributed by atoms with Crippen LogP contribution in [-0.2, 0) is 11.3 Å². The number of hydrogen-bond donors (Lipinski definition) is 2. The maximum absolute atomic E-state index is 12.6. The highest BCUT2D eigenvalue weighted by Crippen LogP contribution is 2.59. The summed E-state index contributed by atoms with van der Waals surface area (Å²) in [5.41, 5.74) is 3.56. The zero-order valence-electron chi connectivity index (χ0n) is 17.0. The first-order valence-corrected chi connectivity index (χ1v) is 9.67. The zero-order chi connectivity index (χ0) is 20.3. The van der Waals surface area contributed by atoms with Crippen molar-refractivity contribution in [3.05, 3.63) is 77.4 Å². The third-order valence-electron chi connectivity index (χ3n) is 5.42. The Kier molecular flexibility index (Phi) is 5.68. The SMILES string of the molecule is CC(C)=C[C@@H]1[C@@H](C(=O)Nc2ccc(C(=O)NCc3ccccc3)cc2)C1(C)C. The van der Waals surface area contributed by atoms with Crippen LogP contribution in [0.4, 0.5) is 5.69 Å². The number of anilines is 1. The Morgan fingerprint density at radius 2 is 1.64 bits per heavy atom. The summed E-state index contributed by atoms with van der Waals surface area (Å²) in [6, 6.07) is 16.8. The molecule has 1 aliphatic rings. The Morgan fingerprint density at radius 3 is 2.25 bits per heavy atom. The number of nitrogens with one attached hydrogen (secondary N) is 2. The van der Waals surface area contributed by atoms with Crippen LogP contribution in [0.15, 0.2) is 66.2 Å². The molecule has 4 heteroatoms. The average molecular weight is 377 g/mol. The second kappa shape index (κ2) is 8.01. The monoisotopic (exact) mass is 376 g/mol. The summed E-state index contributed by atoms with van der Waals surface area (Å²) in [6.45, 7) is 8.86. The lowest BCUT2D eigenvalue weighted by Crippen LogP contribution is -2.22. The molecule has 2 atom stereocenters. The van der Waals surface area contributed by atoms with Crippen molar-refractivity contribution in [3.8, 4) is 0 Å². The molecule has 146 valence electrons. The van der Waals surface area contributed by atoms with Crippen molar-refractivity contribution in [3.63, 3.8) is 0 Å². The van der Waals surface area contributed by atoms with E-state index in [-0.39, 0.29) is 29.1 Å². The minimum absolute atomic E-state index is 0.0153. The maximum atomic E-state index is 12.6. The summed E-state index contributed by atoms with van der Waals surface area (Å²) >= 11 is 0. The first kappa shape index (κ1) is 19.9. The van der Waals surface area contributed by atoms with Gasteiger partial charge in [0.1, 0.15) is 0 Å². The molecule has 0 aromatic heterocycles. The number of carbonyl (C=O) groups is 2. The number of allylic oxidation sites excluding steroid dienone is 2. The maximum Gasteiger partial charge on any atom is 0.251 e. The van der Waals surface area contributed by atoms with Gasteiger partial charge in [-0.05, 0) is 55.0 Å². The van der Waals surface area contributed by atoms with Crippen LogP contribution in [0.3, 0.4) is 0 Å². The Bertz CT molecular complexity index is 879. The molecule has 2 aromatic carbocycles. The molecule has 28 heavy (non-hydrogen) atoms. The van der Waals surface area contributed by atoms with Crippen molar-refractivity contribution in [2.75, 3.05) is 5.32 Å². The normalized spacial score (nSPS) is 19.4. The summed E-state index contributed by atoms with van der Waals surface area (Å²) in [6.07, 6.45) is 2.18. The Labute approximate surface area is 167 Å². The van der Waals surface area contributed by atoms with Crippen molar-refractivity contribution in [2.24, 2.45) is 17.3 Å². The molecule has 0 radical (unpaired) electrons. The van der Waals surface area contributed by atoms with Gasteiger partial charge in [-0.25, -0.2) is 0 Å². The molecule has 2 aromatic rings. The lowest BCUT2D eigenvalue weighted by atomic mass is 10.1. The van der Waals surface area contributed by atoms with Gasteiger partial charge >= 0.3 is 0 Å². The van der Waals surface area contributed by atoms with Gasteiger partial charge in [0, 0.05) is 17.8 Å². The van der Waals surface area contributed by atoms with Gasteiger partial charge in [0.05, 0.1) is 5.92 Å². The minimum atomic E-state index is -0.131. The van der Waals surface area contributed by atoms with Gasteiger partial charge in [-0.3, -0.25) is 9.59 Å². The highest BCUT2D eigenvalue weighted by atomic mass is 16.2. The first-order valence-electron chi connectivity index (χ1n) is 9.67. The van der Waals surface area contributed by atoms with Crippen molar-refractivity contribution in [1.29, 1.82) is 0 Å². The summed E-state index contributed by atoms with van der Waals surface area (Å²) in [7, 11) is 0. The minimum Gasteiger partial charge on any atom is -0.348 e. The van der Waals surface area contributed by atoms with E-state index in [1.54, 1.807) is 24.3 Å². The highest BCUT2D eigenvalue weighted by Gasteiger charge is 2.60. The third kappa shape index (κ3) is 4.50. The van der Waals surface area contributed by atoms with Crippen molar-refractivity contribution in [2.45, 2.75) is 34.2 Å². The number of benzene rings is 2. The smallest absolute Gasteiger partial charge is 0.251 e. The van der Waals surface area contributed by atoms with Crippen LogP contribution in [0.2, 0.25) is 0 Å². The van der Waals surface area contributed by atoms with Gasteiger partial charge < -0.3 is 10.6 Å². The highest BCUT2D eigenvalue weighted by molar-refractivity contribution is 5.97. The van der Waals surface area contributed by atoms with Crippen LogP contribution < -0.4 is 10.6 Å². The fourth-order valence-electron chi connectivity index (χ4n) is 3.65. The predicted octanol–water partition coefficient (Wildman–Crippen LogP) is 4.79. The van der Waals surface area contributed by atoms with Crippen LogP contribution in [0.5, 0.6) is 0 Å². The van der Waals surface area contributed by atoms with E-state index in [0.29, 0.717) is 17.8 Å². The predicted molar refractivity (Wildman–Crippen MR) is 113 cm³/mol. The van der Waals surface area contributed by atoms with Gasteiger partial charge in [-0.2, -0.15) is 0 Å². The number of carbonyl (C=O) groups excluding carboxylic acids is 2. The Balaban J connectivity index is 1.56. The molecule has 0 spiro atoms. The Hall–Kier alpha value is -2.88. The number of hydrogen-bond acceptors (Lipinski definition) is 2. The lowest BCUT2D eigenvalue weighted by Gasteiger charge is -2.08. The van der Waals surface area contributed by atoms with E-state index < -0.39 is 0 Å². The van der Waals surface area contributed by atoms with Crippen molar-refractivity contribution in [1.82, 2.24) is 5.32 Å². The fourth-order valence-corrected chi connectivity index (χ4v) is 3.65. The van der Waals surface area contributed by atoms with Crippen LogP contribution in [0, 0.1) is 17.3 Å². The van der Waals surface area contributed by atoms with Crippen molar-refractivity contribution >= 4 is 17.5 Å². The number of amides is 2. The summed E-state index contributed by atoms with van der Waals surface area (Å²) in [4.78, 5) is 24.9. The summed E-state index contributed by atoms with van der Waals surface area (Å²) in [5.74, 6) is 0.166. The lowest BCUT2D eigenvalue weighted by molar-refractivity contribution is -0.118. The van der Waals surface area contributed by atoms with Crippen LogP contribution in [0.25, 0.3) is 0 Å². The fraction of sp³-hybridized carbons (Fsp3) is 0.333. The second-order valence-corrected chi connectivity index (χ2v) is 8.30. The van der Waals surface area contributed by atoms with Gasteiger partial charge in [0.15, 0.2) is 0 Å². The van der Waals surface area contributed by atoms with Gasteiger partial charge in [-0.15, -0.1) is 0 Å². The van der Waals surface area contributed by atoms with E-state index in [2.05, 4.69) is 44.4 Å². The molecule has 2 amide bonds. The van der Waals surface area contributed by atoms with Crippen LogP contribution >= 0.6 is 0 Å². The van der Waals surface area contributed by atoms with E-state index in [4.69, 9.17) is 0 Å². The van der Waals surface area contributed by atoms with E-state index in [0.717, 1.165) is 5.56 Å². The largest absolute Gasteiger partial charge is 0.348 e.